The van der Waals surface area contributed by atoms with E-state index in [2.05, 4.69) is 31.0 Å². The lowest BCUT2D eigenvalue weighted by molar-refractivity contribution is -0.138. The number of allylic oxidation sites excluding steroid dienone is 2. The summed E-state index contributed by atoms with van der Waals surface area (Å²) >= 11 is 0. The van der Waals surface area contributed by atoms with Gasteiger partial charge >= 0.3 is 0 Å². The maximum absolute atomic E-state index is 13.1. The van der Waals surface area contributed by atoms with Crippen LogP contribution in [-0.4, -0.2) is 47.5 Å². The molecule has 7 nitrogen and oxygen atoms in total. The molecule has 1 aromatic heterocycles. The second kappa shape index (κ2) is 11.9. The molecular weight excluding hydrogens is 430 g/mol. The van der Waals surface area contributed by atoms with Gasteiger partial charge in [-0.25, -0.2) is 4.98 Å². The molecule has 0 radical (unpaired) electrons. The lowest BCUT2D eigenvalue weighted by atomic mass is 9.91. The van der Waals surface area contributed by atoms with Gasteiger partial charge in [0.1, 0.15) is 17.9 Å². The maximum Gasteiger partial charge on any atom is 0.240 e. The van der Waals surface area contributed by atoms with Crippen LogP contribution in [0.2, 0.25) is 0 Å². The van der Waals surface area contributed by atoms with Gasteiger partial charge in [0, 0.05) is 23.6 Å². The van der Waals surface area contributed by atoms with Crippen LogP contribution in [0.3, 0.4) is 0 Å². The molecule has 3 rings (SSSR count). The largest absolute Gasteiger partial charge is 0.494 e. The highest BCUT2D eigenvalue weighted by Crippen LogP contribution is 2.33. The number of primary amides is 1. The molecule has 7 heteroatoms. The van der Waals surface area contributed by atoms with Crippen LogP contribution in [0.25, 0.3) is 10.8 Å². The first-order valence-corrected chi connectivity index (χ1v) is 12.1. The predicted molar refractivity (Wildman–Crippen MR) is 134 cm³/mol. The summed E-state index contributed by atoms with van der Waals surface area (Å²) in [5, 5.41) is 1.72. The predicted octanol–water partition coefficient (Wildman–Crippen LogP) is 4.49. The average molecular weight is 468 g/mol. The summed E-state index contributed by atoms with van der Waals surface area (Å²) in [6.07, 6.45) is 9.40. The van der Waals surface area contributed by atoms with Gasteiger partial charge in [-0.15, -0.1) is 0 Å². The van der Waals surface area contributed by atoms with Gasteiger partial charge in [-0.1, -0.05) is 44.2 Å². The number of nitrogens with two attached hydrogens (primary N) is 1. The molecule has 1 aliphatic heterocycles. The number of pyridine rings is 1. The molecule has 0 bridgehead atoms. The highest BCUT2D eigenvalue weighted by Gasteiger charge is 2.40. The number of aromatic nitrogens is 1. The molecule has 0 saturated carbocycles. The van der Waals surface area contributed by atoms with Gasteiger partial charge in [0.25, 0.3) is 0 Å². The number of ether oxygens (including phenoxy) is 2. The molecule has 1 aromatic carbocycles. The summed E-state index contributed by atoms with van der Waals surface area (Å²) in [5.41, 5.74) is 5.66. The minimum absolute atomic E-state index is 0.0457. The first kappa shape index (κ1) is 25.5. The van der Waals surface area contributed by atoms with Crippen molar-refractivity contribution >= 4 is 22.6 Å². The Kier molecular flexibility index (Phi) is 8.91. The molecule has 1 fully saturated rings. The average Bonchev–Trinajstić information content (AvgIpc) is 3.24. The fourth-order valence-corrected chi connectivity index (χ4v) is 4.83. The third kappa shape index (κ3) is 6.27. The number of carbonyl (C=O) groups is 2. The number of methoxy groups -OCH3 is 1. The van der Waals surface area contributed by atoms with Crippen molar-refractivity contribution < 1.29 is 19.1 Å². The Morgan fingerprint density at radius 1 is 1.24 bits per heavy atom. The van der Waals surface area contributed by atoms with Gasteiger partial charge in [0.05, 0.1) is 19.9 Å². The second-order valence-corrected chi connectivity index (χ2v) is 9.41. The smallest absolute Gasteiger partial charge is 0.240 e. The van der Waals surface area contributed by atoms with E-state index in [-0.39, 0.29) is 17.9 Å². The SMILES string of the molecule is C/C=C\CC[C@@H](C)C[C@@H](C)CC(=O)N1C[C@H](Oc2ncc(OC)c3ccccc23)C[C@H]1C(N)=O. The summed E-state index contributed by atoms with van der Waals surface area (Å²) < 4.78 is 11.6. The maximum atomic E-state index is 13.1. The number of amides is 2. The second-order valence-electron chi connectivity index (χ2n) is 9.41. The van der Waals surface area contributed by atoms with Crippen molar-refractivity contribution in [2.75, 3.05) is 13.7 Å². The van der Waals surface area contributed by atoms with Crippen molar-refractivity contribution in [2.45, 2.75) is 65.0 Å². The van der Waals surface area contributed by atoms with Crippen LogP contribution in [0.1, 0.15) is 52.9 Å². The first-order valence-electron chi connectivity index (χ1n) is 12.1. The lowest BCUT2D eigenvalue weighted by Gasteiger charge is -2.24. The lowest BCUT2D eigenvalue weighted by Crippen LogP contribution is -2.44. The topological polar surface area (TPSA) is 94.8 Å². The Labute approximate surface area is 202 Å². The molecule has 2 amide bonds. The van der Waals surface area contributed by atoms with E-state index in [0.717, 1.165) is 30.0 Å². The molecule has 2 N–H and O–H groups in total. The number of hydrogen-bond acceptors (Lipinski definition) is 5. The molecule has 4 atom stereocenters. The van der Waals surface area contributed by atoms with Crippen LogP contribution in [-0.2, 0) is 9.59 Å². The van der Waals surface area contributed by atoms with Gasteiger partial charge < -0.3 is 20.1 Å². The standard InChI is InChI=1S/C27H37N3O4/c1-5-6-7-10-18(2)13-19(3)14-25(31)30-17-20(15-23(30)26(28)32)34-27-22-12-9-8-11-21(22)24(33-4)16-29-27/h5-6,8-9,11-12,16,18-20,23H,7,10,13-15,17H2,1-4H3,(H2,28,32)/b6-5-/t18-,19-,20-,23+/m1/s1. The minimum Gasteiger partial charge on any atom is -0.494 e. The van der Waals surface area contributed by atoms with E-state index in [0.29, 0.717) is 36.9 Å². The molecular formula is C27H37N3O4. The van der Waals surface area contributed by atoms with Crippen LogP contribution in [0.4, 0.5) is 0 Å². The number of nitrogens with zero attached hydrogens (tertiary/aromatic N) is 2. The molecule has 2 heterocycles. The number of likely N-dealkylation sites (tertiary alicyclic amines) is 1. The van der Waals surface area contributed by atoms with Crippen molar-refractivity contribution in [3.8, 4) is 11.6 Å². The highest BCUT2D eigenvalue weighted by molar-refractivity contribution is 5.91. The minimum atomic E-state index is -0.665. The number of rotatable bonds is 11. The summed E-state index contributed by atoms with van der Waals surface area (Å²) in [4.78, 5) is 31.3. The zero-order valence-corrected chi connectivity index (χ0v) is 20.7. The summed E-state index contributed by atoms with van der Waals surface area (Å²) in [6, 6.07) is 7.04. The Hall–Kier alpha value is -3.09. The van der Waals surface area contributed by atoms with E-state index in [1.807, 2.05) is 31.2 Å². The fourth-order valence-electron chi connectivity index (χ4n) is 4.83. The summed E-state index contributed by atoms with van der Waals surface area (Å²) in [7, 11) is 1.60. The number of fused-ring (bicyclic) bond motifs is 1. The Balaban J connectivity index is 1.66. The van der Waals surface area contributed by atoms with Crippen molar-refractivity contribution in [1.82, 2.24) is 9.88 Å². The van der Waals surface area contributed by atoms with E-state index in [1.54, 1.807) is 18.2 Å². The molecule has 0 spiro atoms. The molecule has 2 aromatic rings. The zero-order chi connectivity index (χ0) is 24.7. The first-order chi connectivity index (χ1) is 16.3. The molecule has 184 valence electrons. The Morgan fingerprint density at radius 3 is 2.65 bits per heavy atom. The van der Waals surface area contributed by atoms with Gasteiger partial charge in [0.15, 0.2) is 0 Å². The molecule has 34 heavy (non-hydrogen) atoms. The highest BCUT2D eigenvalue weighted by atomic mass is 16.5. The van der Waals surface area contributed by atoms with Crippen LogP contribution < -0.4 is 15.2 Å². The monoisotopic (exact) mass is 467 g/mol. The third-order valence-electron chi connectivity index (χ3n) is 6.52. The Morgan fingerprint density at radius 2 is 1.97 bits per heavy atom. The summed E-state index contributed by atoms with van der Waals surface area (Å²) in [6.45, 7) is 6.67. The molecule has 0 aliphatic carbocycles. The van der Waals surface area contributed by atoms with Gasteiger partial charge in [0.2, 0.25) is 17.7 Å². The van der Waals surface area contributed by atoms with Gasteiger partial charge in [-0.3, -0.25) is 9.59 Å². The normalized spacial score (nSPS) is 19.9. The van der Waals surface area contributed by atoms with E-state index in [4.69, 9.17) is 15.2 Å². The Bertz CT molecular complexity index is 1020. The van der Waals surface area contributed by atoms with Crippen LogP contribution >= 0.6 is 0 Å². The number of hydrogen-bond donors (Lipinski definition) is 1. The van der Waals surface area contributed by atoms with Crippen LogP contribution in [0.5, 0.6) is 11.6 Å². The van der Waals surface area contributed by atoms with E-state index in [1.165, 1.54) is 0 Å². The quantitative estimate of drug-likeness (QED) is 0.492. The van der Waals surface area contributed by atoms with E-state index >= 15 is 0 Å². The zero-order valence-electron chi connectivity index (χ0n) is 20.7. The van der Waals surface area contributed by atoms with Crippen molar-refractivity contribution in [2.24, 2.45) is 17.6 Å². The van der Waals surface area contributed by atoms with Crippen LogP contribution in [0.15, 0.2) is 42.6 Å². The molecule has 1 saturated heterocycles. The number of carbonyl (C=O) groups excluding carboxylic acids is 2. The van der Waals surface area contributed by atoms with Crippen LogP contribution in [0, 0.1) is 11.8 Å². The van der Waals surface area contributed by atoms with Gasteiger partial charge in [-0.2, -0.15) is 0 Å². The molecule has 0 unspecified atom stereocenters. The van der Waals surface area contributed by atoms with Gasteiger partial charge in [-0.05, 0) is 44.1 Å². The van der Waals surface area contributed by atoms with E-state index in [9.17, 15) is 9.59 Å². The number of benzene rings is 1. The van der Waals surface area contributed by atoms with Crippen molar-refractivity contribution in [3.63, 3.8) is 0 Å². The summed E-state index contributed by atoms with van der Waals surface area (Å²) in [5.74, 6) is 1.34. The fraction of sp³-hybridized carbons (Fsp3) is 0.519. The van der Waals surface area contributed by atoms with Crippen molar-refractivity contribution in [1.29, 1.82) is 0 Å². The van der Waals surface area contributed by atoms with Crippen molar-refractivity contribution in [3.05, 3.63) is 42.6 Å². The molecule has 1 aliphatic rings. The van der Waals surface area contributed by atoms with E-state index < -0.39 is 11.9 Å². The third-order valence-corrected chi connectivity index (χ3v) is 6.52.